The normalized spacial score (nSPS) is 15.0. The maximum absolute atomic E-state index is 11.8. The SMILES string of the molecule is FC(F)(F)C(Br)CCCCCl. The van der Waals surface area contributed by atoms with Gasteiger partial charge in [-0.25, -0.2) is 0 Å². The first-order valence-corrected chi connectivity index (χ1v) is 4.70. The van der Waals surface area contributed by atoms with Gasteiger partial charge in [-0.2, -0.15) is 13.2 Å². The lowest BCUT2D eigenvalue weighted by atomic mass is 10.2. The summed E-state index contributed by atoms with van der Waals surface area (Å²) in [6.45, 7) is 0. The minimum Gasteiger partial charge on any atom is -0.170 e. The molecule has 0 N–H and O–H groups in total. The average Bonchev–Trinajstić information content (AvgIpc) is 1.86. The molecule has 0 aliphatic carbocycles. The van der Waals surface area contributed by atoms with Crippen molar-refractivity contribution < 1.29 is 13.2 Å². The first kappa shape index (κ1) is 11.6. The molecule has 5 heteroatoms. The second-order valence-electron chi connectivity index (χ2n) is 2.19. The Balaban J connectivity index is 3.44. The summed E-state index contributed by atoms with van der Waals surface area (Å²) in [6, 6.07) is 0. The summed E-state index contributed by atoms with van der Waals surface area (Å²) in [6.07, 6.45) is -2.86. The summed E-state index contributed by atoms with van der Waals surface area (Å²) in [4.78, 5) is -1.38. The molecule has 0 spiro atoms. The van der Waals surface area contributed by atoms with Crippen LogP contribution in [0.25, 0.3) is 0 Å². The van der Waals surface area contributed by atoms with Crippen LogP contribution in [0.5, 0.6) is 0 Å². The fourth-order valence-electron chi connectivity index (χ4n) is 0.582. The Hall–Kier alpha value is 0.560. The first-order chi connectivity index (χ1) is 4.98. The molecule has 0 heterocycles. The zero-order valence-electron chi connectivity index (χ0n) is 5.80. The van der Waals surface area contributed by atoms with E-state index in [1.807, 2.05) is 0 Å². The molecule has 68 valence electrons. The van der Waals surface area contributed by atoms with E-state index in [0.29, 0.717) is 18.7 Å². The van der Waals surface area contributed by atoms with Crippen LogP contribution in [-0.4, -0.2) is 16.9 Å². The molecule has 0 nitrogen and oxygen atoms in total. The highest BCUT2D eigenvalue weighted by Crippen LogP contribution is 2.29. The predicted molar refractivity (Wildman–Crippen MR) is 43.3 cm³/mol. The lowest BCUT2D eigenvalue weighted by molar-refractivity contribution is -0.128. The van der Waals surface area contributed by atoms with Gasteiger partial charge in [0.25, 0.3) is 0 Å². The smallest absolute Gasteiger partial charge is 0.170 e. The molecular weight excluding hydrogens is 244 g/mol. The predicted octanol–water partition coefficient (Wildman–Crippen LogP) is 3.72. The Morgan fingerprint density at radius 1 is 1.27 bits per heavy atom. The van der Waals surface area contributed by atoms with Gasteiger partial charge < -0.3 is 0 Å². The van der Waals surface area contributed by atoms with E-state index < -0.39 is 11.0 Å². The number of rotatable bonds is 4. The molecule has 0 aromatic heterocycles. The second-order valence-corrected chi connectivity index (χ2v) is 3.68. The van der Waals surface area contributed by atoms with Crippen LogP contribution in [0.3, 0.4) is 0 Å². The molecule has 0 aliphatic rings. The van der Waals surface area contributed by atoms with Crippen molar-refractivity contribution in [2.75, 3.05) is 5.88 Å². The summed E-state index contributed by atoms with van der Waals surface area (Å²) >= 11 is 7.86. The van der Waals surface area contributed by atoms with Gasteiger partial charge in [0.15, 0.2) is 0 Å². The summed E-state index contributed by atoms with van der Waals surface area (Å²) < 4.78 is 35.4. The van der Waals surface area contributed by atoms with E-state index in [1.54, 1.807) is 0 Å². The van der Waals surface area contributed by atoms with Crippen LogP contribution in [0.1, 0.15) is 19.3 Å². The first-order valence-electron chi connectivity index (χ1n) is 3.25. The average molecular weight is 253 g/mol. The molecule has 1 unspecified atom stereocenters. The van der Waals surface area contributed by atoms with Crippen molar-refractivity contribution in [1.29, 1.82) is 0 Å². The van der Waals surface area contributed by atoms with Crippen LogP contribution in [-0.2, 0) is 0 Å². The lowest BCUT2D eigenvalue weighted by Crippen LogP contribution is -2.22. The largest absolute Gasteiger partial charge is 0.401 e. The van der Waals surface area contributed by atoms with E-state index >= 15 is 0 Å². The minimum absolute atomic E-state index is 0.107. The third-order valence-corrected chi connectivity index (χ3v) is 2.44. The topological polar surface area (TPSA) is 0 Å². The van der Waals surface area contributed by atoms with Gasteiger partial charge in [0.1, 0.15) is 4.83 Å². The zero-order valence-corrected chi connectivity index (χ0v) is 8.14. The molecule has 0 amide bonds. The standard InChI is InChI=1S/C6H9BrClF3/c7-5(6(9,10)11)3-1-2-4-8/h5H,1-4H2. The van der Waals surface area contributed by atoms with E-state index in [1.165, 1.54) is 0 Å². The molecule has 0 bridgehead atoms. The van der Waals surface area contributed by atoms with Crippen molar-refractivity contribution in [3.05, 3.63) is 0 Å². The van der Waals surface area contributed by atoms with Crippen LogP contribution in [0.4, 0.5) is 13.2 Å². The minimum atomic E-state index is -4.12. The third-order valence-electron chi connectivity index (χ3n) is 1.20. The van der Waals surface area contributed by atoms with Crippen molar-refractivity contribution in [2.45, 2.75) is 30.3 Å². The van der Waals surface area contributed by atoms with E-state index in [2.05, 4.69) is 15.9 Å². The molecule has 0 radical (unpaired) electrons. The monoisotopic (exact) mass is 252 g/mol. The molecule has 0 saturated carbocycles. The molecule has 11 heavy (non-hydrogen) atoms. The van der Waals surface area contributed by atoms with Crippen molar-refractivity contribution >= 4 is 27.5 Å². The van der Waals surface area contributed by atoms with Gasteiger partial charge in [-0.05, 0) is 12.8 Å². The van der Waals surface area contributed by atoms with Gasteiger partial charge in [-0.3, -0.25) is 0 Å². The zero-order chi connectivity index (χ0) is 8.91. The van der Waals surface area contributed by atoms with Crippen molar-refractivity contribution in [2.24, 2.45) is 0 Å². The van der Waals surface area contributed by atoms with Crippen LogP contribution < -0.4 is 0 Å². The molecule has 0 aromatic carbocycles. The van der Waals surface area contributed by atoms with Gasteiger partial charge in [0.05, 0.1) is 0 Å². The van der Waals surface area contributed by atoms with E-state index in [0.717, 1.165) is 0 Å². The molecule has 0 saturated heterocycles. The second kappa shape index (κ2) is 5.25. The Morgan fingerprint density at radius 3 is 2.18 bits per heavy atom. The number of alkyl halides is 5. The number of hydrogen-bond acceptors (Lipinski definition) is 0. The third kappa shape index (κ3) is 5.79. The number of unbranched alkanes of at least 4 members (excludes halogenated alkanes) is 1. The fourth-order valence-corrected chi connectivity index (χ4v) is 1.09. The molecule has 0 aliphatic heterocycles. The molecular formula is C6H9BrClF3. The van der Waals surface area contributed by atoms with E-state index in [-0.39, 0.29) is 6.42 Å². The van der Waals surface area contributed by atoms with E-state index in [4.69, 9.17) is 11.6 Å². The van der Waals surface area contributed by atoms with Gasteiger partial charge in [0, 0.05) is 5.88 Å². The van der Waals surface area contributed by atoms with Crippen LogP contribution in [0.2, 0.25) is 0 Å². The van der Waals surface area contributed by atoms with Gasteiger partial charge in [0.2, 0.25) is 0 Å². The van der Waals surface area contributed by atoms with Gasteiger partial charge in [-0.1, -0.05) is 22.4 Å². The molecule has 1 atom stereocenters. The van der Waals surface area contributed by atoms with Crippen LogP contribution in [0, 0.1) is 0 Å². The Morgan fingerprint density at radius 2 is 1.82 bits per heavy atom. The lowest BCUT2D eigenvalue weighted by Gasteiger charge is -2.12. The number of hydrogen-bond donors (Lipinski definition) is 0. The van der Waals surface area contributed by atoms with Crippen molar-refractivity contribution in [3.63, 3.8) is 0 Å². The highest BCUT2D eigenvalue weighted by Gasteiger charge is 2.36. The summed E-state index contributed by atoms with van der Waals surface area (Å²) in [5, 5.41) is 0. The highest BCUT2D eigenvalue weighted by molar-refractivity contribution is 9.09. The quantitative estimate of drug-likeness (QED) is 0.529. The molecule has 0 fully saturated rings. The molecule has 0 rings (SSSR count). The summed E-state index contributed by atoms with van der Waals surface area (Å²) in [7, 11) is 0. The number of halogens is 5. The maximum Gasteiger partial charge on any atom is 0.401 e. The van der Waals surface area contributed by atoms with Crippen LogP contribution in [0.15, 0.2) is 0 Å². The fraction of sp³-hybridized carbons (Fsp3) is 1.00. The Bertz CT molecular complexity index is 104. The van der Waals surface area contributed by atoms with Crippen LogP contribution >= 0.6 is 27.5 Å². The Labute approximate surface area is 77.2 Å². The summed E-state index contributed by atoms with van der Waals surface area (Å²) in [5.74, 6) is 0.428. The van der Waals surface area contributed by atoms with Gasteiger partial charge in [-0.15, -0.1) is 11.6 Å². The van der Waals surface area contributed by atoms with Gasteiger partial charge >= 0.3 is 6.18 Å². The maximum atomic E-state index is 11.8. The van der Waals surface area contributed by atoms with Crippen molar-refractivity contribution in [3.8, 4) is 0 Å². The Kier molecular flexibility index (Phi) is 5.52. The van der Waals surface area contributed by atoms with E-state index in [9.17, 15) is 13.2 Å². The summed E-state index contributed by atoms with van der Waals surface area (Å²) in [5.41, 5.74) is 0. The van der Waals surface area contributed by atoms with Crippen molar-refractivity contribution in [1.82, 2.24) is 0 Å². The molecule has 0 aromatic rings. The highest BCUT2D eigenvalue weighted by atomic mass is 79.9.